The van der Waals surface area contributed by atoms with Gasteiger partial charge in [0.1, 0.15) is 18.5 Å². The van der Waals surface area contributed by atoms with E-state index in [-0.39, 0.29) is 24.7 Å². The van der Waals surface area contributed by atoms with Gasteiger partial charge in [0.2, 0.25) is 0 Å². The van der Waals surface area contributed by atoms with Crippen LogP contribution in [0.1, 0.15) is 16.1 Å². The van der Waals surface area contributed by atoms with E-state index in [0.29, 0.717) is 10.8 Å². The minimum absolute atomic E-state index is 0.0649. The van der Waals surface area contributed by atoms with E-state index in [2.05, 4.69) is 10.3 Å². The van der Waals surface area contributed by atoms with E-state index in [0.717, 1.165) is 22.3 Å². The molecule has 0 spiro atoms. The third-order valence-electron chi connectivity index (χ3n) is 4.46. The SMILES string of the molecule is O=C(NCC(O)COc1ccc(C(F)(F)F)cc1)c1ccc(-c2nc3ccccc3s2)o1. The summed E-state index contributed by atoms with van der Waals surface area (Å²) in [4.78, 5) is 16.8. The van der Waals surface area contributed by atoms with Crippen molar-refractivity contribution in [3.63, 3.8) is 0 Å². The Morgan fingerprint density at radius 3 is 2.59 bits per heavy atom. The van der Waals surface area contributed by atoms with Crippen molar-refractivity contribution < 1.29 is 32.2 Å². The van der Waals surface area contributed by atoms with Crippen LogP contribution in [-0.4, -0.2) is 35.3 Å². The van der Waals surface area contributed by atoms with E-state index in [1.807, 2.05) is 24.3 Å². The Hall–Kier alpha value is -3.37. The number of thiazole rings is 1. The molecule has 0 bridgehead atoms. The largest absolute Gasteiger partial charge is 0.491 e. The number of rotatable bonds is 7. The highest BCUT2D eigenvalue weighted by atomic mass is 32.1. The molecule has 0 aliphatic rings. The van der Waals surface area contributed by atoms with E-state index in [1.54, 1.807) is 6.07 Å². The maximum atomic E-state index is 12.6. The average molecular weight is 462 g/mol. The molecule has 32 heavy (non-hydrogen) atoms. The van der Waals surface area contributed by atoms with Gasteiger partial charge < -0.3 is 19.6 Å². The van der Waals surface area contributed by atoms with Gasteiger partial charge in [-0.05, 0) is 48.5 Å². The molecule has 0 saturated carbocycles. The molecule has 1 amide bonds. The normalized spacial score (nSPS) is 12.6. The van der Waals surface area contributed by atoms with Gasteiger partial charge in [-0.1, -0.05) is 12.1 Å². The third kappa shape index (κ3) is 5.09. The lowest BCUT2D eigenvalue weighted by Gasteiger charge is -2.13. The fourth-order valence-electron chi connectivity index (χ4n) is 2.84. The first kappa shape index (κ1) is 21.8. The molecule has 6 nitrogen and oxygen atoms in total. The third-order valence-corrected chi connectivity index (χ3v) is 5.51. The van der Waals surface area contributed by atoms with E-state index < -0.39 is 23.8 Å². The van der Waals surface area contributed by atoms with Crippen LogP contribution in [0.3, 0.4) is 0 Å². The summed E-state index contributed by atoms with van der Waals surface area (Å²) in [6, 6.07) is 14.9. The smallest absolute Gasteiger partial charge is 0.416 e. The standard InChI is InChI=1S/C22H17F3N2O4S/c23-22(24,25)13-5-7-15(8-6-13)30-12-14(28)11-26-20(29)17-9-10-18(31-17)21-27-16-3-1-2-4-19(16)32-21/h1-10,14,28H,11-12H2,(H,26,29). The number of benzene rings is 2. The van der Waals surface area contributed by atoms with Gasteiger partial charge in [-0.2, -0.15) is 13.2 Å². The van der Waals surface area contributed by atoms with Crippen LogP contribution in [-0.2, 0) is 6.18 Å². The molecule has 0 radical (unpaired) electrons. The number of alkyl halides is 3. The maximum absolute atomic E-state index is 12.6. The van der Waals surface area contributed by atoms with Gasteiger partial charge in [-0.3, -0.25) is 4.79 Å². The van der Waals surface area contributed by atoms with Crippen LogP contribution in [0.15, 0.2) is 65.1 Å². The number of fused-ring (bicyclic) bond motifs is 1. The Morgan fingerprint density at radius 1 is 1.12 bits per heavy atom. The summed E-state index contributed by atoms with van der Waals surface area (Å²) in [7, 11) is 0. The molecule has 2 N–H and O–H groups in total. The Labute approximate surface area is 184 Å². The summed E-state index contributed by atoms with van der Waals surface area (Å²) in [6.07, 6.45) is -5.50. The lowest BCUT2D eigenvalue weighted by molar-refractivity contribution is -0.137. The molecular weight excluding hydrogens is 445 g/mol. The molecule has 0 aliphatic carbocycles. The Bertz CT molecular complexity index is 1180. The Balaban J connectivity index is 1.28. The fourth-order valence-corrected chi connectivity index (χ4v) is 3.77. The number of hydrogen-bond acceptors (Lipinski definition) is 6. The van der Waals surface area contributed by atoms with Crippen LogP contribution in [0, 0.1) is 0 Å². The molecule has 4 rings (SSSR count). The van der Waals surface area contributed by atoms with Gasteiger partial charge in [-0.15, -0.1) is 11.3 Å². The topological polar surface area (TPSA) is 84.6 Å². The molecule has 4 aromatic rings. The van der Waals surface area contributed by atoms with Crippen LogP contribution in [0.2, 0.25) is 0 Å². The number of furan rings is 1. The molecule has 2 aromatic carbocycles. The number of carbonyl (C=O) groups excluding carboxylic acids is 1. The summed E-state index contributed by atoms with van der Waals surface area (Å²) in [5, 5.41) is 13.2. The molecule has 10 heteroatoms. The van der Waals surface area contributed by atoms with Crippen LogP contribution < -0.4 is 10.1 Å². The predicted molar refractivity (Wildman–Crippen MR) is 113 cm³/mol. The molecule has 1 unspecified atom stereocenters. The molecular formula is C22H17F3N2O4S. The molecule has 2 heterocycles. The van der Waals surface area contributed by atoms with Gasteiger partial charge in [-0.25, -0.2) is 4.98 Å². The monoisotopic (exact) mass is 462 g/mol. The molecule has 2 aromatic heterocycles. The second-order valence-corrected chi connectivity index (χ2v) is 7.88. The number of aromatic nitrogens is 1. The molecule has 0 saturated heterocycles. The van der Waals surface area contributed by atoms with Crippen molar-refractivity contribution in [1.29, 1.82) is 0 Å². The number of ether oxygens (including phenoxy) is 1. The van der Waals surface area contributed by atoms with Crippen molar-refractivity contribution in [3.05, 3.63) is 72.0 Å². The minimum atomic E-state index is -4.43. The summed E-state index contributed by atoms with van der Waals surface area (Å²) >= 11 is 1.44. The van der Waals surface area contributed by atoms with Crippen molar-refractivity contribution in [1.82, 2.24) is 10.3 Å². The molecule has 0 fully saturated rings. The molecule has 0 aliphatic heterocycles. The number of amides is 1. The van der Waals surface area contributed by atoms with Crippen molar-refractivity contribution in [3.8, 4) is 16.5 Å². The number of nitrogens with zero attached hydrogens (tertiary/aromatic N) is 1. The summed E-state index contributed by atoms with van der Waals surface area (Å²) in [5.41, 5.74) is 0.0485. The van der Waals surface area contributed by atoms with E-state index in [4.69, 9.17) is 9.15 Å². The number of carbonyl (C=O) groups is 1. The van der Waals surface area contributed by atoms with E-state index in [1.165, 1.54) is 29.5 Å². The van der Waals surface area contributed by atoms with Crippen molar-refractivity contribution in [2.75, 3.05) is 13.2 Å². The minimum Gasteiger partial charge on any atom is -0.491 e. The zero-order valence-corrected chi connectivity index (χ0v) is 17.2. The molecule has 1 atom stereocenters. The second-order valence-electron chi connectivity index (χ2n) is 6.85. The van der Waals surface area contributed by atoms with E-state index >= 15 is 0 Å². The fraction of sp³-hybridized carbons (Fsp3) is 0.182. The summed E-state index contributed by atoms with van der Waals surface area (Å²) in [5.74, 6) is 0.179. The van der Waals surface area contributed by atoms with Gasteiger partial charge in [0.15, 0.2) is 16.5 Å². The highest BCUT2D eigenvalue weighted by molar-refractivity contribution is 7.21. The number of hydrogen-bond donors (Lipinski definition) is 2. The highest BCUT2D eigenvalue weighted by Gasteiger charge is 2.30. The number of aliphatic hydroxyl groups is 1. The zero-order valence-electron chi connectivity index (χ0n) is 16.4. The van der Waals surface area contributed by atoms with Gasteiger partial charge >= 0.3 is 6.18 Å². The van der Waals surface area contributed by atoms with Crippen molar-refractivity contribution >= 4 is 27.5 Å². The van der Waals surface area contributed by atoms with Gasteiger partial charge in [0.05, 0.1) is 15.8 Å². The van der Waals surface area contributed by atoms with Crippen LogP contribution in [0.5, 0.6) is 5.75 Å². The van der Waals surface area contributed by atoms with Gasteiger partial charge in [0, 0.05) is 6.54 Å². The summed E-state index contributed by atoms with van der Waals surface area (Å²) in [6.45, 7) is -0.336. The Kier molecular flexibility index (Phi) is 6.15. The predicted octanol–water partition coefficient (Wildman–Crippen LogP) is 4.74. The van der Waals surface area contributed by atoms with E-state index in [9.17, 15) is 23.1 Å². The van der Waals surface area contributed by atoms with Crippen LogP contribution in [0.4, 0.5) is 13.2 Å². The van der Waals surface area contributed by atoms with Crippen LogP contribution >= 0.6 is 11.3 Å². The highest BCUT2D eigenvalue weighted by Crippen LogP contribution is 2.31. The first-order chi connectivity index (χ1) is 15.3. The van der Waals surface area contributed by atoms with Crippen molar-refractivity contribution in [2.45, 2.75) is 12.3 Å². The lowest BCUT2D eigenvalue weighted by Crippen LogP contribution is -2.35. The summed E-state index contributed by atoms with van der Waals surface area (Å²) < 4.78 is 49.6. The number of nitrogens with one attached hydrogen (secondary N) is 1. The Morgan fingerprint density at radius 2 is 1.88 bits per heavy atom. The first-order valence-electron chi connectivity index (χ1n) is 9.52. The molecule has 166 valence electrons. The quantitative estimate of drug-likeness (QED) is 0.414. The average Bonchev–Trinajstić information content (AvgIpc) is 3.43. The lowest BCUT2D eigenvalue weighted by atomic mass is 10.2. The number of aliphatic hydroxyl groups excluding tert-OH is 1. The van der Waals surface area contributed by atoms with Gasteiger partial charge in [0.25, 0.3) is 5.91 Å². The zero-order chi connectivity index (χ0) is 22.7. The maximum Gasteiger partial charge on any atom is 0.416 e. The number of para-hydroxylation sites is 1. The van der Waals surface area contributed by atoms with Crippen molar-refractivity contribution in [2.24, 2.45) is 0 Å². The second kappa shape index (κ2) is 9.01. The van der Waals surface area contributed by atoms with Crippen LogP contribution in [0.25, 0.3) is 21.0 Å². The first-order valence-corrected chi connectivity index (χ1v) is 10.3. The number of halogens is 3.